The zero-order chi connectivity index (χ0) is 15.0. The fourth-order valence-electron chi connectivity index (χ4n) is 1.49. The molecule has 0 aromatic rings. The molecule has 0 N–H and O–H groups in total. The van der Waals surface area contributed by atoms with Crippen molar-refractivity contribution >= 4 is 0 Å². The lowest BCUT2D eigenvalue weighted by molar-refractivity contribution is 0.691. The van der Waals surface area contributed by atoms with Crippen LogP contribution in [-0.2, 0) is 0 Å². The summed E-state index contributed by atoms with van der Waals surface area (Å²) in [5, 5.41) is 0. The molecule has 0 aromatic heterocycles. The highest BCUT2D eigenvalue weighted by Gasteiger charge is 2.04. The largest absolute Gasteiger partial charge is 0.0773 e. The molecule has 18 heavy (non-hydrogen) atoms. The second-order valence-electron chi connectivity index (χ2n) is 6.51. The first-order valence-corrected chi connectivity index (χ1v) is 7.33. The van der Waals surface area contributed by atoms with Gasteiger partial charge in [-0.2, -0.15) is 0 Å². The average Bonchev–Trinajstić information content (AvgIpc) is 2.26. The Morgan fingerprint density at radius 1 is 0.444 bits per heavy atom. The van der Waals surface area contributed by atoms with E-state index in [9.17, 15) is 0 Å². The molecular weight excluding hydrogens is 216 g/mol. The lowest BCUT2D eigenvalue weighted by Gasteiger charge is -2.13. The molecule has 0 heteroatoms. The van der Waals surface area contributed by atoms with E-state index in [4.69, 9.17) is 0 Å². The van der Waals surface area contributed by atoms with E-state index in [0.29, 0.717) is 11.8 Å². The summed E-state index contributed by atoms with van der Waals surface area (Å²) >= 11 is 0. The summed E-state index contributed by atoms with van der Waals surface area (Å²) < 4.78 is 0. The summed E-state index contributed by atoms with van der Waals surface area (Å²) in [4.78, 5) is 0. The van der Waals surface area contributed by atoms with E-state index in [0.717, 1.165) is 5.92 Å². The monoisotopic (exact) mass is 252 g/mol. The maximum absolute atomic E-state index is 2.25. The number of allylic oxidation sites excluding steroid dienone is 4. The third-order valence-electron chi connectivity index (χ3n) is 4.01. The van der Waals surface area contributed by atoms with Gasteiger partial charge in [0.2, 0.25) is 0 Å². The number of rotatable bonds is 3. The minimum absolute atomic E-state index is 0.711. The SMILES string of the molecule is C/C(=C(/C)C(C)C)C(C)C.CC(C)=C(C)C(C)C. The molecule has 0 aliphatic heterocycles. The van der Waals surface area contributed by atoms with Gasteiger partial charge in [-0.25, -0.2) is 0 Å². The van der Waals surface area contributed by atoms with Crippen molar-refractivity contribution in [1.29, 1.82) is 0 Å². The zero-order valence-electron chi connectivity index (χ0n) is 14.7. The first kappa shape index (κ1) is 19.8. The van der Waals surface area contributed by atoms with E-state index in [1.807, 2.05) is 0 Å². The Labute approximate surface area is 117 Å². The van der Waals surface area contributed by atoms with E-state index in [2.05, 4.69) is 76.2 Å². The summed E-state index contributed by atoms with van der Waals surface area (Å²) in [6.07, 6.45) is 0. The van der Waals surface area contributed by atoms with E-state index in [1.54, 1.807) is 11.1 Å². The minimum atomic E-state index is 0.711. The average molecular weight is 252 g/mol. The van der Waals surface area contributed by atoms with Gasteiger partial charge in [0.05, 0.1) is 0 Å². The summed E-state index contributed by atoms with van der Waals surface area (Å²) in [6.45, 7) is 24.4. The number of hydrogen-bond donors (Lipinski definition) is 0. The fraction of sp³-hybridized carbons (Fsp3) is 0.778. The predicted octanol–water partition coefficient (Wildman–Crippen LogP) is 6.63. The van der Waals surface area contributed by atoms with E-state index < -0.39 is 0 Å². The maximum Gasteiger partial charge on any atom is -0.0260 e. The Bertz CT molecular complexity index is 265. The van der Waals surface area contributed by atoms with Crippen LogP contribution in [0.2, 0.25) is 0 Å². The van der Waals surface area contributed by atoms with Crippen molar-refractivity contribution in [3.63, 3.8) is 0 Å². The molecule has 0 aromatic carbocycles. The van der Waals surface area contributed by atoms with Gasteiger partial charge in [-0.15, -0.1) is 0 Å². The Hall–Kier alpha value is -0.520. The van der Waals surface area contributed by atoms with Crippen LogP contribution in [0.1, 0.15) is 76.2 Å². The van der Waals surface area contributed by atoms with Crippen molar-refractivity contribution in [3.8, 4) is 0 Å². The molecule has 0 radical (unpaired) electrons. The van der Waals surface area contributed by atoms with Gasteiger partial charge in [-0.05, 0) is 52.4 Å². The molecule has 0 nitrogen and oxygen atoms in total. The molecule has 0 rings (SSSR count). The summed E-state index contributed by atoms with van der Waals surface area (Å²) in [6, 6.07) is 0. The zero-order valence-corrected chi connectivity index (χ0v) is 14.7. The smallest absolute Gasteiger partial charge is 0.0260 e. The predicted molar refractivity (Wildman–Crippen MR) is 86.9 cm³/mol. The lowest BCUT2D eigenvalue weighted by Crippen LogP contribution is -1.98. The highest BCUT2D eigenvalue weighted by molar-refractivity contribution is 5.13. The van der Waals surface area contributed by atoms with E-state index in [-0.39, 0.29) is 0 Å². The molecule has 0 spiro atoms. The first-order chi connectivity index (χ1) is 8.02. The summed E-state index contributed by atoms with van der Waals surface area (Å²) in [5.41, 5.74) is 6.08. The van der Waals surface area contributed by atoms with Crippen LogP contribution in [0.4, 0.5) is 0 Å². The Morgan fingerprint density at radius 3 is 0.722 bits per heavy atom. The molecule has 0 aliphatic rings. The van der Waals surface area contributed by atoms with E-state index in [1.165, 1.54) is 11.1 Å². The minimum Gasteiger partial charge on any atom is -0.0773 e. The van der Waals surface area contributed by atoms with Crippen LogP contribution < -0.4 is 0 Å². The molecule has 0 unspecified atom stereocenters. The molecule has 0 fully saturated rings. The van der Waals surface area contributed by atoms with Crippen molar-refractivity contribution in [2.75, 3.05) is 0 Å². The maximum atomic E-state index is 2.25. The van der Waals surface area contributed by atoms with Crippen LogP contribution in [0.15, 0.2) is 22.3 Å². The van der Waals surface area contributed by atoms with Crippen LogP contribution in [0.3, 0.4) is 0 Å². The van der Waals surface area contributed by atoms with Crippen molar-refractivity contribution in [1.82, 2.24) is 0 Å². The first-order valence-electron chi connectivity index (χ1n) is 7.33. The van der Waals surface area contributed by atoms with Crippen LogP contribution in [0.25, 0.3) is 0 Å². The highest BCUT2D eigenvalue weighted by atomic mass is 14.1. The molecule has 0 atom stereocenters. The van der Waals surface area contributed by atoms with Gasteiger partial charge in [0.25, 0.3) is 0 Å². The van der Waals surface area contributed by atoms with Gasteiger partial charge in [-0.3, -0.25) is 0 Å². The highest BCUT2D eigenvalue weighted by Crippen LogP contribution is 2.19. The lowest BCUT2D eigenvalue weighted by atomic mass is 9.93. The van der Waals surface area contributed by atoms with Gasteiger partial charge in [-0.1, -0.05) is 63.8 Å². The molecular formula is C18H36. The second-order valence-corrected chi connectivity index (χ2v) is 6.51. The molecule has 0 saturated heterocycles. The van der Waals surface area contributed by atoms with E-state index >= 15 is 0 Å². The molecule has 0 aliphatic carbocycles. The second kappa shape index (κ2) is 9.42. The van der Waals surface area contributed by atoms with Crippen LogP contribution in [-0.4, -0.2) is 0 Å². The van der Waals surface area contributed by atoms with Crippen molar-refractivity contribution in [2.45, 2.75) is 76.2 Å². The van der Waals surface area contributed by atoms with Crippen LogP contribution >= 0.6 is 0 Å². The van der Waals surface area contributed by atoms with Gasteiger partial charge in [0.15, 0.2) is 0 Å². The quantitative estimate of drug-likeness (QED) is 0.494. The molecule has 0 saturated carbocycles. The standard InChI is InChI=1S/C10H20.C8H16/c1-7(2)9(5)10(6)8(3)4;1-6(2)8(5)7(3)4/h7-8H,1-6H3;6H,1-5H3/b10-9+;. The van der Waals surface area contributed by atoms with Gasteiger partial charge in [0.1, 0.15) is 0 Å². The van der Waals surface area contributed by atoms with Gasteiger partial charge >= 0.3 is 0 Å². The summed E-state index contributed by atoms with van der Waals surface area (Å²) in [5.74, 6) is 2.14. The Morgan fingerprint density at radius 2 is 0.667 bits per heavy atom. The Balaban J connectivity index is 0. The molecule has 0 bridgehead atoms. The Kier molecular flexibility index (Phi) is 10.4. The van der Waals surface area contributed by atoms with Crippen molar-refractivity contribution in [2.24, 2.45) is 17.8 Å². The third-order valence-corrected chi connectivity index (χ3v) is 4.01. The summed E-state index contributed by atoms with van der Waals surface area (Å²) in [7, 11) is 0. The van der Waals surface area contributed by atoms with Gasteiger partial charge < -0.3 is 0 Å². The van der Waals surface area contributed by atoms with Crippen LogP contribution in [0, 0.1) is 17.8 Å². The number of hydrogen-bond acceptors (Lipinski definition) is 0. The fourth-order valence-corrected chi connectivity index (χ4v) is 1.49. The van der Waals surface area contributed by atoms with Gasteiger partial charge in [0, 0.05) is 0 Å². The van der Waals surface area contributed by atoms with Crippen molar-refractivity contribution in [3.05, 3.63) is 22.3 Å². The van der Waals surface area contributed by atoms with Crippen molar-refractivity contribution < 1.29 is 0 Å². The molecule has 108 valence electrons. The molecule has 0 heterocycles. The van der Waals surface area contributed by atoms with Crippen LogP contribution in [0.5, 0.6) is 0 Å². The molecule has 0 amide bonds. The third kappa shape index (κ3) is 8.55. The normalized spacial score (nSPS) is 12.3. The topological polar surface area (TPSA) is 0 Å².